The number of rotatable bonds is 10. The van der Waals surface area contributed by atoms with Crippen LogP contribution in [0.15, 0.2) is 47.4 Å². The number of halogens is 3. The maximum absolute atomic E-state index is 12.8. The minimum atomic E-state index is -4.91. The van der Waals surface area contributed by atoms with E-state index in [1.165, 1.54) is 37.4 Å². The van der Waals surface area contributed by atoms with Crippen LogP contribution in [0.3, 0.4) is 0 Å². The van der Waals surface area contributed by atoms with E-state index in [1.807, 2.05) is 0 Å². The predicted molar refractivity (Wildman–Crippen MR) is 107 cm³/mol. The lowest BCUT2D eigenvalue weighted by Gasteiger charge is -2.15. The van der Waals surface area contributed by atoms with Crippen LogP contribution in [-0.4, -0.2) is 41.0 Å². The first-order chi connectivity index (χ1) is 14.5. The standard InChI is InChI=1S/C19H21F3N2O6S/c1-3-29-16-12-13(23-18(25)9-10-28-2)7-8-17(16)31(26,27)24-14-5-4-6-15(11-14)30-19(20,21)22/h4-8,11-12,24H,3,9-10H2,1-2H3,(H,23,25). The zero-order valence-corrected chi connectivity index (χ0v) is 17.5. The molecule has 31 heavy (non-hydrogen) atoms. The van der Waals surface area contributed by atoms with Crippen molar-refractivity contribution in [3.8, 4) is 11.5 Å². The summed E-state index contributed by atoms with van der Waals surface area (Å²) in [6, 6.07) is 8.34. The third-order valence-electron chi connectivity index (χ3n) is 3.67. The second kappa shape index (κ2) is 10.4. The van der Waals surface area contributed by atoms with E-state index in [1.54, 1.807) is 6.92 Å². The van der Waals surface area contributed by atoms with Gasteiger partial charge in [-0.25, -0.2) is 8.42 Å². The Morgan fingerprint density at radius 2 is 1.84 bits per heavy atom. The molecule has 170 valence electrons. The first-order valence-electron chi connectivity index (χ1n) is 8.98. The third-order valence-corrected chi connectivity index (χ3v) is 5.09. The number of sulfonamides is 1. The third kappa shape index (κ3) is 7.64. The molecule has 2 rings (SSSR count). The first kappa shape index (κ1) is 24.3. The molecule has 0 unspecified atom stereocenters. The summed E-state index contributed by atoms with van der Waals surface area (Å²) >= 11 is 0. The maximum Gasteiger partial charge on any atom is 0.573 e. The largest absolute Gasteiger partial charge is 0.573 e. The van der Waals surface area contributed by atoms with Crippen LogP contribution in [0.5, 0.6) is 11.5 Å². The molecular formula is C19H21F3N2O6S. The van der Waals surface area contributed by atoms with Gasteiger partial charge in [0.2, 0.25) is 5.91 Å². The van der Waals surface area contributed by atoms with Crippen molar-refractivity contribution in [2.75, 3.05) is 30.4 Å². The molecule has 12 heteroatoms. The minimum absolute atomic E-state index is 0.0396. The Labute approximate surface area is 177 Å². The zero-order chi connectivity index (χ0) is 23.1. The van der Waals surface area contributed by atoms with Crippen molar-refractivity contribution in [1.82, 2.24) is 0 Å². The van der Waals surface area contributed by atoms with Crippen LogP contribution in [0.2, 0.25) is 0 Å². The van der Waals surface area contributed by atoms with Crippen molar-refractivity contribution in [3.05, 3.63) is 42.5 Å². The number of methoxy groups -OCH3 is 1. The van der Waals surface area contributed by atoms with Crippen molar-refractivity contribution in [1.29, 1.82) is 0 Å². The molecule has 0 radical (unpaired) electrons. The molecule has 0 aliphatic carbocycles. The van der Waals surface area contributed by atoms with Crippen molar-refractivity contribution in [2.45, 2.75) is 24.6 Å². The van der Waals surface area contributed by atoms with E-state index in [4.69, 9.17) is 9.47 Å². The topological polar surface area (TPSA) is 103 Å². The van der Waals surface area contributed by atoms with E-state index in [-0.39, 0.29) is 41.9 Å². The fourth-order valence-corrected chi connectivity index (χ4v) is 3.64. The van der Waals surface area contributed by atoms with Gasteiger partial charge in [-0.1, -0.05) is 6.07 Å². The van der Waals surface area contributed by atoms with E-state index in [0.29, 0.717) is 5.69 Å². The summed E-state index contributed by atoms with van der Waals surface area (Å²) in [5, 5.41) is 2.60. The lowest BCUT2D eigenvalue weighted by atomic mass is 10.3. The summed E-state index contributed by atoms with van der Waals surface area (Å²) < 4.78 is 79.0. The average Bonchev–Trinajstić information content (AvgIpc) is 2.65. The molecule has 2 aromatic rings. The fraction of sp³-hybridized carbons (Fsp3) is 0.316. The lowest BCUT2D eigenvalue weighted by Crippen LogP contribution is -2.18. The number of ether oxygens (including phenoxy) is 3. The Kier molecular flexibility index (Phi) is 8.11. The number of alkyl halides is 3. The SMILES string of the molecule is CCOc1cc(NC(=O)CCOC)ccc1S(=O)(=O)Nc1cccc(OC(F)(F)F)c1. The Balaban J connectivity index is 2.27. The molecule has 0 aliphatic rings. The van der Waals surface area contributed by atoms with Crippen LogP contribution < -0.4 is 19.5 Å². The van der Waals surface area contributed by atoms with E-state index in [0.717, 1.165) is 12.1 Å². The number of nitrogens with one attached hydrogen (secondary N) is 2. The van der Waals surface area contributed by atoms with Crippen LogP contribution in [0.4, 0.5) is 24.5 Å². The normalized spacial score (nSPS) is 11.6. The molecule has 0 saturated heterocycles. The second-order valence-corrected chi connectivity index (χ2v) is 7.72. The molecular weight excluding hydrogens is 441 g/mol. The highest BCUT2D eigenvalue weighted by Gasteiger charge is 2.31. The lowest BCUT2D eigenvalue weighted by molar-refractivity contribution is -0.274. The van der Waals surface area contributed by atoms with E-state index >= 15 is 0 Å². The van der Waals surface area contributed by atoms with Gasteiger partial charge in [0.1, 0.15) is 16.4 Å². The van der Waals surface area contributed by atoms with Gasteiger partial charge in [-0.3, -0.25) is 9.52 Å². The van der Waals surface area contributed by atoms with Gasteiger partial charge in [-0.2, -0.15) is 0 Å². The van der Waals surface area contributed by atoms with E-state index in [2.05, 4.69) is 14.8 Å². The Morgan fingerprint density at radius 1 is 1.10 bits per heavy atom. The van der Waals surface area contributed by atoms with Gasteiger partial charge >= 0.3 is 6.36 Å². The van der Waals surface area contributed by atoms with Gasteiger partial charge in [-0.05, 0) is 31.2 Å². The number of benzene rings is 2. The fourth-order valence-electron chi connectivity index (χ4n) is 2.46. The summed E-state index contributed by atoms with van der Waals surface area (Å²) in [6.07, 6.45) is -4.80. The van der Waals surface area contributed by atoms with Crippen molar-refractivity contribution in [3.63, 3.8) is 0 Å². The van der Waals surface area contributed by atoms with Crippen LogP contribution in [0, 0.1) is 0 Å². The Hall–Kier alpha value is -2.99. The zero-order valence-electron chi connectivity index (χ0n) is 16.7. The number of carbonyl (C=O) groups excluding carboxylic acids is 1. The number of hydrogen-bond acceptors (Lipinski definition) is 6. The highest BCUT2D eigenvalue weighted by Crippen LogP contribution is 2.31. The van der Waals surface area contributed by atoms with Gasteiger partial charge in [0, 0.05) is 24.9 Å². The summed E-state index contributed by atoms with van der Waals surface area (Å²) in [5.41, 5.74) is 0.172. The van der Waals surface area contributed by atoms with Crippen LogP contribution in [-0.2, 0) is 19.6 Å². The average molecular weight is 462 g/mol. The summed E-state index contributed by atoms with van der Waals surface area (Å²) in [5.74, 6) is -0.950. The highest BCUT2D eigenvalue weighted by atomic mass is 32.2. The number of anilines is 2. The second-order valence-electron chi connectivity index (χ2n) is 6.07. The predicted octanol–water partition coefficient (Wildman–Crippen LogP) is 3.76. The van der Waals surface area contributed by atoms with Crippen molar-refractivity contribution < 1.29 is 40.6 Å². The molecule has 0 aliphatic heterocycles. The summed E-state index contributed by atoms with van der Waals surface area (Å²) in [6.45, 7) is 2.00. The maximum atomic E-state index is 12.8. The molecule has 2 N–H and O–H groups in total. The van der Waals surface area contributed by atoms with Crippen molar-refractivity contribution >= 4 is 27.3 Å². The number of hydrogen-bond donors (Lipinski definition) is 2. The smallest absolute Gasteiger partial charge is 0.492 e. The Bertz CT molecular complexity index is 1010. The number of amides is 1. The minimum Gasteiger partial charge on any atom is -0.492 e. The molecule has 8 nitrogen and oxygen atoms in total. The van der Waals surface area contributed by atoms with Gasteiger partial charge in [0.15, 0.2) is 0 Å². The van der Waals surface area contributed by atoms with Gasteiger partial charge < -0.3 is 19.5 Å². The van der Waals surface area contributed by atoms with E-state index in [9.17, 15) is 26.4 Å². The monoisotopic (exact) mass is 462 g/mol. The molecule has 0 bridgehead atoms. The molecule has 1 amide bonds. The van der Waals surface area contributed by atoms with Crippen LogP contribution in [0.25, 0.3) is 0 Å². The van der Waals surface area contributed by atoms with E-state index < -0.39 is 22.1 Å². The summed E-state index contributed by atoms with van der Waals surface area (Å²) in [4.78, 5) is 11.6. The molecule has 0 saturated carbocycles. The molecule has 0 heterocycles. The molecule has 0 aromatic heterocycles. The molecule has 0 spiro atoms. The molecule has 0 atom stereocenters. The summed E-state index contributed by atoms with van der Waals surface area (Å²) in [7, 11) is -2.77. The van der Waals surface area contributed by atoms with Gasteiger partial charge in [0.25, 0.3) is 10.0 Å². The van der Waals surface area contributed by atoms with Gasteiger partial charge in [0.05, 0.1) is 25.3 Å². The first-order valence-corrected chi connectivity index (χ1v) is 10.5. The quantitative estimate of drug-likeness (QED) is 0.557. The number of carbonyl (C=O) groups is 1. The Morgan fingerprint density at radius 3 is 2.48 bits per heavy atom. The van der Waals surface area contributed by atoms with Crippen LogP contribution in [0.1, 0.15) is 13.3 Å². The van der Waals surface area contributed by atoms with Crippen molar-refractivity contribution in [2.24, 2.45) is 0 Å². The van der Waals surface area contributed by atoms with Crippen LogP contribution >= 0.6 is 0 Å². The molecule has 0 fully saturated rings. The molecule has 2 aromatic carbocycles. The highest BCUT2D eigenvalue weighted by molar-refractivity contribution is 7.92. The van der Waals surface area contributed by atoms with Gasteiger partial charge in [-0.15, -0.1) is 13.2 Å².